The minimum atomic E-state index is -1.13. The zero-order valence-electron chi connectivity index (χ0n) is 12.5. The molecule has 0 aliphatic heterocycles. The molecule has 0 saturated carbocycles. The Kier molecular flexibility index (Phi) is 3.95. The summed E-state index contributed by atoms with van der Waals surface area (Å²) in [5, 5.41) is 0. The highest BCUT2D eigenvalue weighted by molar-refractivity contribution is 5.49. The Bertz CT molecular complexity index is 623. The first-order chi connectivity index (χ1) is 9.41. The zero-order chi connectivity index (χ0) is 14.9. The van der Waals surface area contributed by atoms with Crippen molar-refractivity contribution in [3.8, 4) is 0 Å². The molecule has 20 heavy (non-hydrogen) atoms. The van der Waals surface area contributed by atoms with Gasteiger partial charge >= 0.3 is 0 Å². The van der Waals surface area contributed by atoms with Gasteiger partial charge in [-0.1, -0.05) is 36.4 Å². The van der Waals surface area contributed by atoms with E-state index >= 15 is 0 Å². The van der Waals surface area contributed by atoms with Crippen LogP contribution >= 0.6 is 0 Å². The monoisotopic (exact) mass is 270 g/mol. The highest BCUT2D eigenvalue weighted by Gasteiger charge is 2.33. The molecule has 106 valence electrons. The van der Waals surface area contributed by atoms with Crippen LogP contribution in [0.4, 0.5) is 0 Å². The van der Waals surface area contributed by atoms with Gasteiger partial charge in [-0.05, 0) is 49.9 Å². The Hall–Kier alpha value is -1.68. The molecule has 1 atom stereocenters. The Morgan fingerprint density at radius 1 is 0.900 bits per heavy atom. The summed E-state index contributed by atoms with van der Waals surface area (Å²) in [6.07, 6.45) is 0. The summed E-state index contributed by atoms with van der Waals surface area (Å²) in [5.41, 5.74) is 11.9. The van der Waals surface area contributed by atoms with E-state index in [2.05, 4.69) is 33.8 Å². The molecule has 3 nitrogen and oxygen atoms in total. The first-order valence-corrected chi connectivity index (χ1v) is 6.72. The molecule has 3 heteroatoms. The predicted octanol–water partition coefficient (Wildman–Crippen LogP) is 2.97. The van der Waals surface area contributed by atoms with E-state index in [-0.39, 0.29) is 0 Å². The van der Waals surface area contributed by atoms with Crippen molar-refractivity contribution in [3.05, 3.63) is 69.8 Å². The number of hydrogen-bond donors (Lipinski definition) is 2. The van der Waals surface area contributed by atoms with Crippen LogP contribution in [0, 0.1) is 27.7 Å². The van der Waals surface area contributed by atoms with Crippen LogP contribution in [0.25, 0.3) is 0 Å². The van der Waals surface area contributed by atoms with Crippen LogP contribution in [0.1, 0.15) is 33.4 Å². The number of aryl methyl sites for hydroxylation is 1. The van der Waals surface area contributed by atoms with Crippen LogP contribution in [0.3, 0.4) is 0 Å². The van der Waals surface area contributed by atoms with Gasteiger partial charge in [0.2, 0.25) is 0 Å². The molecular formula is C17H22N2O. The van der Waals surface area contributed by atoms with Gasteiger partial charge in [0.25, 0.3) is 0 Å². The number of hydrogen-bond acceptors (Lipinski definition) is 3. The van der Waals surface area contributed by atoms with Gasteiger partial charge in [0.05, 0.1) is 0 Å². The lowest BCUT2D eigenvalue weighted by molar-refractivity contribution is -0.0162. The summed E-state index contributed by atoms with van der Waals surface area (Å²) in [5.74, 6) is 5.55. The van der Waals surface area contributed by atoms with Gasteiger partial charge in [-0.2, -0.15) is 0 Å². The van der Waals surface area contributed by atoms with Crippen molar-refractivity contribution in [2.75, 3.05) is 0 Å². The summed E-state index contributed by atoms with van der Waals surface area (Å²) < 4.78 is 0. The van der Waals surface area contributed by atoms with Gasteiger partial charge in [-0.25, -0.2) is 5.90 Å². The average Bonchev–Trinajstić information content (AvgIpc) is 2.49. The molecule has 0 amide bonds. The van der Waals surface area contributed by atoms with Crippen molar-refractivity contribution in [1.82, 2.24) is 0 Å². The SMILES string of the molecule is Cc1cc(C(N)(ON)c2ccccc2)c(C)c(C)c1C. The minimum absolute atomic E-state index is 0.841. The third-order valence-corrected chi connectivity index (χ3v) is 4.27. The van der Waals surface area contributed by atoms with Gasteiger partial charge in [0.1, 0.15) is 0 Å². The molecule has 1 unspecified atom stereocenters. The van der Waals surface area contributed by atoms with E-state index in [0.717, 1.165) is 16.7 Å². The van der Waals surface area contributed by atoms with Crippen LogP contribution in [-0.4, -0.2) is 0 Å². The lowest BCUT2D eigenvalue weighted by atomic mass is 9.86. The van der Waals surface area contributed by atoms with Gasteiger partial charge in [-0.15, -0.1) is 0 Å². The van der Waals surface area contributed by atoms with Crippen molar-refractivity contribution in [3.63, 3.8) is 0 Å². The van der Waals surface area contributed by atoms with Gasteiger partial charge < -0.3 is 0 Å². The smallest absolute Gasteiger partial charge is 0.189 e. The topological polar surface area (TPSA) is 61.3 Å². The number of benzene rings is 2. The van der Waals surface area contributed by atoms with Crippen LogP contribution in [0.15, 0.2) is 36.4 Å². The largest absolute Gasteiger partial charge is 0.294 e. The molecule has 0 saturated heterocycles. The van der Waals surface area contributed by atoms with Crippen LogP contribution in [-0.2, 0) is 10.6 Å². The van der Waals surface area contributed by atoms with E-state index in [1.165, 1.54) is 16.7 Å². The molecule has 4 N–H and O–H groups in total. The number of rotatable bonds is 3. The van der Waals surface area contributed by atoms with E-state index in [4.69, 9.17) is 16.5 Å². The fourth-order valence-corrected chi connectivity index (χ4v) is 2.57. The normalized spacial score (nSPS) is 14.1. The molecule has 0 aliphatic carbocycles. The molecule has 0 aromatic heterocycles. The first-order valence-electron chi connectivity index (χ1n) is 6.72. The standard InChI is InChI=1S/C17H22N2O/c1-11-10-16(14(4)13(3)12(11)2)17(18,20-19)15-8-6-5-7-9-15/h5-10H,18-19H2,1-4H3. The summed E-state index contributed by atoms with van der Waals surface area (Å²) in [4.78, 5) is 5.22. The highest BCUT2D eigenvalue weighted by Crippen LogP contribution is 2.33. The van der Waals surface area contributed by atoms with Crippen LogP contribution < -0.4 is 11.6 Å². The van der Waals surface area contributed by atoms with E-state index in [9.17, 15) is 0 Å². The first kappa shape index (κ1) is 14.7. The van der Waals surface area contributed by atoms with Crippen LogP contribution in [0.5, 0.6) is 0 Å². The van der Waals surface area contributed by atoms with Gasteiger partial charge in [0, 0.05) is 11.1 Å². The predicted molar refractivity (Wildman–Crippen MR) is 82.1 cm³/mol. The van der Waals surface area contributed by atoms with E-state index in [0.29, 0.717) is 0 Å². The maximum Gasteiger partial charge on any atom is 0.189 e. The third-order valence-electron chi connectivity index (χ3n) is 4.27. The third kappa shape index (κ3) is 2.24. The lowest BCUT2D eigenvalue weighted by Gasteiger charge is -2.31. The number of nitrogens with two attached hydrogens (primary N) is 2. The van der Waals surface area contributed by atoms with Gasteiger partial charge in [-0.3, -0.25) is 10.6 Å². The highest BCUT2D eigenvalue weighted by atomic mass is 16.6. The molecular weight excluding hydrogens is 248 g/mol. The van der Waals surface area contributed by atoms with Gasteiger partial charge in [0.15, 0.2) is 5.72 Å². The van der Waals surface area contributed by atoms with Crippen molar-refractivity contribution >= 4 is 0 Å². The van der Waals surface area contributed by atoms with Crippen molar-refractivity contribution in [2.45, 2.75) is 33.4 Å². The molecule has 0 radical (unpaired) electrons. The maximum absolute atomic E-state index is 6.48. The van der Waals surface area contributed by atoms with Crippen LogP contribution in [0.2, 0.25) is 0 Å². The lowest BCUT2D eigenvalue weighted by Crippen LogP contribution is -2.44. The van der Waals surface area contributed by atoms with Crippen molar-refractivity contribution in [2.24, 2.45) is 11.6 Å². The second-order valence-electron chi connectivity index (χ2n) is 5.34. The summed E-state index contributed by atoms with van der Waals surface area (Å²) in [6.45, 7) is 8.35. The molecule has 0 heterocycles. The molecule has 2 aromatic rings. The second kappa shape index (κ2) is 5.37. The Morgan fingerprint density at radius 2 is 1.50 bits per heavy atom. The Morgan fingerprint density at radius 3 is 2.05 bits per heavy atom. The average molecular weight is 270 g/mol. The molecule has 0 fully saturated rings. The summed E-state index contributed by atoms with van der Waals surface area (Å²) in [7, 11) is 0. The Labute approximate surface area is 120 Å². The summed E-state index contributed by atoms with van der Waals surface area (Å²) >= 11 is 0. The van der Waals surface area contributed by atoms with E-state index in [1.807, 2.05) is 30.3 Å². The van der Waals surface area contributed by atoms with Crippen molar-refractivity contribution < 1.29 is 4.84 Å². The molecule has 0 spiro atoms. The quantitative estimate of drug-likeness (QED) is 0.666. The molecule has 0 aliphatic rings. The fourth-order valence-electron chi connectivity index (χ4n) is 2.57. The minimum Gasteiger partial charge on any atom is -0.294 e. The molecule has 0 bridgehead atoms. The van der Waals surface area contributed by atoms with E-state index < -0.39 is 5.72 Å². The summed E-state index contributed by atoms with van der Waals surface area (Å²) in [6, 6.07) is 11.7. The maximum atomic E-state index is 6.48. The second-order valence-corrected chi connectivity index (χ2v) is 5.34. The fraction of sp³-hybridized carbons (Fsp3) is 0.294. The Balaban J connectivity index is 2.70. The molecule has 2 aromatic carbocycles. The van der Waals surface area contributed by atoms with Crippen molar-refractivity contribution in [1.29, 1.82) is 0 Å². The zero-order valence-corrected chi connectivity index (χ0v) is 12.5. The van der Waals surface area contributed by atoms with E-state index in [1.54, 1.807) is 0 Å². The molecule has 2 rings (SSSR count).